The van der Waals surface area contributed by atoms with Gasteiger partial charge in [-0.05, 0) is 13.5 Å². The summed E-state index contributed by atoms with van der Waals surface area (Å²) in [5.41, 5.74) is 0. The number of aliphatic hydroxyl groups is 1. The third-order valence-electron chi connectivity index (χ3n) is 2.39. The average molecular weight is 217 g/mol. The summed E-state index contributed by atoms with van der Waals surface area (Å²) < 4.78 is 5.36. The van der Waals surface area contributed by atoms with Crippen molar-refractivity contribution in [1.82, 2.24) is 5.32 Å². The van der Waals surface area contributed by atoms with Crippen LogP contribution >= 0.6 is 0 Å². The van der Waals surface area contributed by atoms with E-state index in [0.717, 1.165) is 13.0 Å². The molecule has 3 nitrogen and oxygen atoms in total. The first-order chi connectivity index (χ1) is 7.31. The molecule has 0 saturated carbocycles. The molecule has 0 aliphatic carbocycles. The van der Waals surface area contributed by atoms with Crippen LogP contribution in [0.4, 0.5) is 0 Å². The normalized spacial score (nSPS) is 13.0. The smallest absolute Gasteiger partial charge is 0.0897 e. The average Bonchev–Trinajstić information content (AvgIpc) is 2.22. The molecule has 0 aromatic heterocycles. The van der Waals surface area contributed by atoms with Crippen LogP contribution in [0.3, 0.4) is 0 Å². The number of hydrogen-bond donors (Lipinski definition) is 2. The number of rotatable bonds is 11. The van der Waals surface area contributed by atoms with Crippen molar-refractivity contribution >= 4 is 0 Å². The van der Waals surface area contributed by atoms with E-state index in [9.17, 15) is 5.11 Å². The molecule has 0 saturated heterocycles. The molecule has 15 heavy (non-hydrogen) atoms. The fraction of sp³-hybridized carbons (Fsp3) is 1.00. The number of unbranched alkanes of at least 4 members (excludes halogenated alkanes) is 5. The zero-order valence-corrected chi connectivity index (χ0v) is 10.3. The van der Waals surface area contributed by atoms with E-state index in [2.05, 4.69) is 12.2 Å². The van der Waals surface area contributed by atoms with Crippen molar-refractivity contribution in [2.45, 2.75) is 51.6 Å². The predicted octanol–water partition coefficient (Wildman–Crippen LogP) is 1.94. The van der Waals surface area contributed by atoms with E-state index in [4.69, 9.17) is 4.74 Å². The number of likely N-dealkylation sites (N-methyl/N-ethyl adjacent to an activating group) is 1. The molecule has 0 fully saturated rings. The van der Waals surface area contributed by atoms with E-state index in [0.29, 0.717) is 13.2 Å². The summed E-state index contributed by atoms with van der Waals surface area (Å²) in [6, 6.07) is 0. The summed E-state index contributed by atoms with van der Waals surface area (Å²) in [4.78, 5) is 0. The van der Waals surface area contributed by atoms with Gasteiger partial charge in [0.25, 0.3) is 0 Å². The number of hydrogen-bond acceptors (Lipinski definition) is 3. The van der Waals surface area contributed by atoms with E-state index in [-0.39, 0.29) is 6.10 Å². The van der Waals surface area contributed by atoms with Gasteiger partial charge in [0.1, 0.15) is 0 Å². The first kappa shape index (κ1) is 14.9. The molecule has 0 aromatic rings. The fourth-order valence-corrected chi connectivity index (χ4v) is 1.50. The Labute approximate surface area is 94.2 Å². The van der Waals surface area contributed by atoms with Crippen molar-refractivity contribution in [3.8, 4) is 0 Å². The molecule has 0 heterocycles. The highest BCUT2D eigenvalue weighted by Gasteiger charge is 2.01. The molecular formula is C12H27NO2. The minimum absolute atomic E-state index is 0.366. The number of ether oxygens (including phenoxy) is 1. The molecule has 3 heteroatoms. The maximum atomic E-state index is 9.33. The van der Waals surface area contributed by atoms with Crippen LogP contribution in [-0.2, 0) is 4.74 Å². The van der Waals surface area contributed by atoms with Gasteiger partial charge in [0.15, 0.2) is 0 Å². The van der Waals surface area contributed by atoms with E-state index in [1.807, 2.05) is 7.05 Å². The van der Waals surface area contributed by atoms with Crippen LogP contribution in [0.15, 0.2) is 0 Å². The summed E-state index contributed by atoms with van der Waals surface area (Å²) in [5.74, 6) is 0. The zero-order chi connectivity index (χ0) is 11.4. The van der Waals surface area contributed by atoms with Gasteiger partial charge in [-0.15, -0.1) is 0 Å². The van der Waals surface area contributed by atoms with Crippen LogP contribution in [0.2, 0.25) is 0 Å². The van der Waals surface area contributed by atoms with E-state index in [1.165, 1.54) is 32.1 Å². The van der Waals surface area contributed by atoms with Crippen LogP contribution in [0, 0.1) is 0 Å². The fourth-order valence-electron chi connectivity index (χ4n) is 1.50. The Morgan fingerprint density at radius 3 is 2.47 bits per heavy atom. The molecule has 0 radical (unpaired) electrons. The van der Waals surface area contributed by atoms with Gasteiger partial charge < -0.3 is 15.2 Å². The first-order valence-corrected chi connectivity index (χ1v) is 6.21. The number of nitrogens with one attached hydrogen (secondary N) is 1. The lowest BCUT2D eigenvalue weighted by atomic mass is 10.1. The summed E-state index contributed by atoms with van der Waals surface area (Å²) in [5, 5.41) is 12.2. The van der Waals surface area contributed by atoms with Crippen LogP contribution in [0.1, 0.15) is 45.4 Å². The maximum Gasteiger partial charge on any atom is 0.0897 e. The maximum absolute atomic E-state index is 9.33. The molecule has 1 atom stereocenters. The van der Waals surface area contributed by atoms with Crippen LogP contribution < -0.4 is 5.32 Å². The van der Waals surface area contributed by atoms with Gasteiger partial charge in [0, 0.05) is 13.2 Å². The summed E-state index contributed by atoms with van der Waals surface area (Å²) >= 11 is 0. The van der Waals surface area contributed by atoms with Gasteiger partial charge in [0.05, 0.1) is 12.7 Å². The van der Waals surface area contributed by atoms with E-state index >= 15 is 0 Å². The Balaban J connectivity index is 2.98. The SMILES string of the molecule is CCCCCCCCOCC(O)CNC. The third-order valence-corrected chi connectivity index (χ3v) is 2.39. The Kier molecular flexibility index (Phi) is 11.9. The second-order valence-electron chi connectivity index (χ2n) is 4.05. The van der Waals surface area contributed by atoms with Gasteiger partial charge in [-0.3, -0.25) is 0 Å². The topological polar surface area (TPSA) is 41.5 Å². The number of aliphatic hydroxyl groups excluding tert-OH is 1. The van der Waals surface area contributed by atoms with E-state index < -0.39 is 0 Å². The van der Waals surface area contributed by atoms with Crippen molar-refractivity contribution in [3.63, 3.8) is 0 Å². The lowest BCUT2D eigenvalue weighted by Gasteiger charge is -2.10. The first-order valence-electron chi connectivity index (χ1n) is 6.21. The standard InChI is InChI=1S/C12H27NO2/c1-3-4-5-6-7-8-9-15-11-12(14)10-13-2/h12-14H,3-11H2,1-2H3. The quantitative estimate of drug-likeness (QED) is 0.520. The zero-order valence-electron chi connectivity index (χ0n) is 10.3. The molecule has 0 aliphatic heterocycles. The Morgan fingerprint density at radius 1 is 1.13 bits per heavy atom. The highest BCUT2D eigenvalue weighted by atomic mass is 16.5. The van der Waals surface area contributed by atoms with Crippen LogP contribution in [0.25, 0.3) is 0 Å². The van der Waals surface area contributed by atoms with Crippen LogP contribution in [0.5, 0.6) is 0 Å². The molecule has 0 rings (SSSR count). The monoisotopic (exact) mass is 217 g/mol. The highest BCUT2D eigenvalue weighted by Crippen LogP contribution is 2.04. The molecule has 92 valence electrons. The molecule has 1 unspecified atom stereocenters. The molecule has 0 aromatic carbocycles. The molecule has 0 spiro atoms. The predicted molar refractivity (Wildman–Crippen MR) is 64.1 cm³/mol. The summed E-state index contributed by atoms with van der Waals surface area (Å²) in [7, 11) is 1.83. The molecule has 0 aliphatic rings. The molecule has 0 amide bonds. The lowest BCUT2D eigenvalue weighted by molar-refractivity contribution is 0.0363. The van der Waals surface area contributed by atoms with E-state index in [1.54, 1.807) is 0 Å². The van der Waals surface area contributed by atoms with Gasteiger partial charge in [-0.25, -0.2) is 0 Å². The largest absolute Gasteiger partial charge is 0.389 e. The summed E-state index contributed by atoms with van der Waals surface area (Å²) in [6.45, 7) is 4.07. The van der Waals surface area contributed by atoms with Gasteiger partial charge in [0.2, 0.25) is 0 Å². The third kappa shape index (κ3) is 11.8. The lowest BCUT2D eigenvalue weighted by Crippen LogP contribution is -2.28. The molecule has 2 N–H and O–H groups in total. The van der Waals surface area contributed by atoms with Crippen molar-refractivity contribution in [2.24, 2.45) is 0 Å². The van der Waals surface area contributed by atoms with Crippen LogP contribution in [-0.4, -0.2) is 38.0 Å². The van der Waals surface area contributed by atoms with Crippen molar-refractivity contribution < 1.29 is 9.84 Å². The Hall–Kier alpha value is -0.120. The second kappa shape index (κ2) is 12.0. The molecule has 0 bridgehead atoms. The minimum atomic E-state index is -0.366. The van der Waals surface area contributed by atoms with Gasteiger partial charge in [-0.2, -0.15) is 0 Å². The highest BCUT2D eigenvalue weighted by molar-refractivity contribution is 4.55. The minimum Gasteiger partial charge on any atom is -0.389 e. The van der Waals surface area contributed by atoms with Gasteiger partial charge in [-0.1, -0.05) is 39.0 Å². The summed E-state index contributed by atoms with van der Waals surface area (Å²) in [6.07, 6.45) is 7.32. The molecular weight excluding hydrogens is 190 g/mol. The van der Waals surface area contributed by atoms with Crippen molar-refractivity contribution in [3.05, 3.63) is 0 Å². The van der Waals surface area contributed by atoms with Crippen molar-refractivity contribution in [1.29, 1.82) is 0 Å². The Morgan fingerprint density at radius 2 is 1.80 bits per heavy atom. The second-order valence-corrected chi connectivity index (χ2v) is 4.05. The van der Waals surface area contributed by atoms with Gasteiger partial charge >= 0.3 is 0 Å². The van der Waals surface area contributed by atoms with Crippen molar-refractivity contribution in [2.75, 3.05) is 26.8 Å². The Bertz CT molecular complexity index is 120.